The van der Waals surface area contributed by atoms with Gasteiger partial charge in [0.2, 0.25) is 5.91 Å². The van der Waals surface area contributed by atoms with Gasteiger partial charge in [0.1, 0.15) is 0 Å². The van der Waals surface area contributed by atoms with Gasteiger partial charge in [-0.1, -0.05) is 23.7 Å². The Morgan fingerprint density at radius 2 is 1.97 bits per heavy atom. The van der Waals surface area contributed by atoms with Crippen LogP contribution < -0.4 is 15.0 Å². The Hall–Kier alpha value is -2.86. The highest BCUT2D eigenvalue weighted by Crippen LogP contribution is 2.31. The summed E-state index contributed by atoms with van der Waals surface area (Å²) in [5, 5.41) is 3.70. The minimum atomic E-state index is -0.142. The fourth-order valence-corrected chi connectivity index (χ4v) is 3.93. The van der Waals surface area contributed by atoms with Crippen LogP contribution >= 0.6 is 11.6 Å². The summed E-state index contributed by atoms with van der Waals surface area (Å²) in [6, 6.07) is 13.2. The number of carbonyl (C=O) groups excluding carboxylic acids is 1. The van der Waals surface area contributed by atoms with Gasteiger partial charge in [-0.2, -0.15) is 0 Å². The Morgan fingerprint density at radius 3 is 2.69 bits per heavy atom. The molecule has 4 rings (SSSR count). The van der Waals surface area contributed by atoms with Gasteiger partial charge < -0.3 is 15.0 Å². The maximum Gasteiger partial charge on any atom is 0.257 e. The summed E-state index contributed by atoms with van der Waals surface area (Å²) in [7, 11) is 1.60. The lowest BCUT2D eigenvalue weighted by molar-refractivity contribution is -0.120. The molecule has 2 aromatic carbocycles. The summed E-state index contributed by atoms with van der Waals surface area (Å²) in [6.45, 7) is 3.32. The van der Waals surface area contributed by atoms with E-state index in [4.69, 9.17) is 21.3 Å². The van der Waals surface area contributed by atoms with Crippen molar-refractivity contribution < 1.29 is 9.53 Å². The van der Waals surface area contributed by atoms with Crippen LogP contribution in [0.2, 0.25) is 5.02 Å². The zero-order chi connectivity index (χ0) is 20.4. The number of rotatable bonds is 4. The van der Waals surface area contributed by atoms with Gasteiger partial charge >= 0.3 is 0 Å². The van der Waals surface area contributed by atoms with Gasteiger partial charge in [0, 0.05) is 23.8 Å². The standard InChI is InChI=1S/C22H23ClN4O2/c1-14-12-16(23)9-10-17(14)25-21(28)15-6-5-11-27(13-15)20-22(29-2)26-19-8-4-3-7-18(19)24-20/h3-4,7-10,12,15H,5-6,11,13H2,1-2H3,(H,25,28)/t15-/m1/s1. The maximum absolute atomic E-state index is 12.9. The average molecular weight is 411 g/mol. The van der Waals surface area contributed by atoms with Crippen LogP contribution in [0.5, 0.6) is 5.88 Å². The van der Waals surface area contributed by atoms with Crippen molar-refractivity contribution in [3.05, 3.63) is 53.1 Å². The molecule has 1 atom stereocenters. The quantitative estimate of drug-likeness (QED) is 0.688. The molecule has 6 nitrogen and oxygen atoms in total. The van der Waals surface area contributed by atoms with E-state index in [1.807, 2.05) is 43.3 Å². The Labute approximate surface area is 174 Å². The maximum atomic E-state index is 12.9. The molecule has 1 aromatic heterocycles. The average Bonchev–Trinajstić information content (AvgIpc) is 2.74. The van der Waals surface area contributed by atoms with Crippen molar-refractivity contribution in [3.8, 4) is 5.88 Å². The number of nitrogens with one attached hydrogen (secondary N) is 1. The van der Waals surface area contributed by atoms with E-state index in [2.05, 4.69) is 15.2 Å². The first kappa shape index (κ1) is 19.5. The third-order valence-corrected chi connectivity index (χ3v) is 5.49. The lowest BCUT2D eigenvalue weighted by atomic mass is 9.97. The number of benzene rings is 2. The summed E-state index contributed by atoms with van der Waals surface area (Å²) in [5.74, 6) is 1.04. The van der Waals surface area contributed by atoms with Gasteiger partial charge in [-0.15, -0.1) is 0 Å². The number of fused-ring (bicyclic) bond motifs is 1. The lowest BCUT2D eigenvalue weighted by Gasteiger charge is -2.33. The fraction of sp³-hybridized carbons (Fsp3) is 0.318. The number of methoxy groups -OCH3 is 1. The minimum Gasteiger partial charge on any atom is -0.478 e. The predicted octanol–water partition coefficient (Wildman–Crippen LogP) is 4.46. The van der Waals surface area contributed by atoms with E-state index in [1.165, 1.54) is 0 Å². The van der Waals surface area contributed by atoms with E-state index in [-0.39, 0.29) is 11.8 Å². The van der Waals surface area contributed by atoms with E-state index < -0.39 is 0 Å². The number of piperidine rings is 1. The van der Waals surface area contributed by atoms with Gasteiger partial charge in [0.25, 0.3) is 5.88 Å². The van der Waals surface area contributed by atoms with Crippen molar-refractivity contribution in [2.75, 3.05) is 30.4 Å². The van der Waals surface area contributed by atoms with Gasteiger partial charge in [-0.25, -0.2) is 9.97 Å². The first-order valence-corrected chi connectivity index (χ1v) is 10.1. The van der Waals surface area contributed by atoms with Gasteiger partial charge in [0.15, 0.2) is 5.82 Å². The second-order valence-electron chi connectivity index (χ2n) is 7.28. The van der Waals surface area contributed by atoms with Crippen LogP contribution in [-0.4, -0.2) is 36.1 Å². The van der Waals surface area contributed by atoms with Gasteiger partial charge in [-0.05, 0) is 55.7 Å². The molecule has 1 aliphatic rings. The Bertz CT molecular complexity index is 1060. The molecule has 1 N–H and O–H groups in total. The summed E-state index contributed by atoms with van der Waals surface area (Å²) >= 11 is 6.02. The van der Waals surface area contributed by atoms with Crippen molar-refractivity contribution in [2.24, 2.45) is 5.92 Å². The molecule has 3 aromatic rings. The van der Waals surface area contributed by atoms with Crippen LogP contribution in [0, 0.1) is 12.8 Å². The zero-order valence-electron chi connectivity index (χ0n) is 16.5. The zero-order valence-corrected chi connectivity index (χ0v) is 17.2. The smallest absolute Gasteiger partial charge is 0.257 e. The molecule has 2 heterocycles. The molecule has 0 saturated carbocycles. The lowest BCUT2D eigenvalue weighted by Crippen LogP contribution is -2.41. The minimum absolute atomic E-state index is 0.00726. The summed E-state index contributed by atoms with van der Waals surface area (Å²) in [5.41, 5.74) is 3.34. The highest BCUT2D eigenvalue weighted by atomic mass is 35.5. The predicted molar refractivity (Wildman–Crippen MR) is 116 cm³/mol. The normalized spacial score (nSPS) is 16.7. The van der Waals surface area contributed by atoms with E-state index in [1.54, 1.807) is 13.2 Å². The molecule has 7 heteroatoms. The van der Waals surface area contributed by atoms with Crippen LogP contribution in [-0.2, 0) is 4.79 Å². The Kier molecular flexibility index (Phi) is 5.53. The van der Waals surface area contributed by atoms with Gasteiger partial charge in [0.05, 0.1) is 24.1 Å². The number of carbonyl (C=O) groups is 1. The molecular weight excluding hydrogens is 388 g/mol. The molecule has 1 aliphatic heterocycles. The number of amides is 1. The molecule has 29 heavy (non-hydrogen) atoms. The van der Waals surface area contributed by atoms with E-state index in [9.17, 15) is 4.79 Å². The molecule has 0 bridgehead atoms. The highest BCUT2D eigenvalue weighted by Gasteiger charge is 2.29. The van der Waals surface area contributed by atoms with Gasteiger partial charge in [-0.3, -0.25) is 4.79 Å². The first-order chi connectivity index (χ1) is 14.0. The Morgan fingerprint density at radius 1 is 1.21 bits per heavy atom. The van der Waals surface area contributed by atoms with Crippen LogP contribution in [0.1, 0.15) is 18.4 Å². The molecular formula is C22H23ClN4O2. The molecule has 1 amide bonds. The number of halogens is 1. The number of nitrogens with zero attached hydrogens (tertiary/aromatic N) is 3. The van der Waals surface area contributed by atoms with Crippen molar-refractivity contribution in [2.45, 2.75) is 19.8 Å². The van der Waals surface area contributed by atoms with Crippen LogP contribution in [0.25, 0.3) is 11.0 Å². The molecule has 150 valence electrons. The highest BCUT2D eigenvalue weighted by molar-refractivity contribution is 6.30. The van der Waals surface area contributed by atoms with Crippen LogP contribution in [0.3, 0.4) is 0 Å². The monoisotopic (exact) mass is 410 g/mol. The third kappa shape index (κ3) is 4.12. The third-order valence-electron chi connectivity index (χ3n) is 5.25. The molecule has 1 saturated heterocycles. The summed E-state index contributed by atoms with van der Waals surface area (Å²) in [6.07, 6.45) is 1.73. The SMILES string of the molecule is COc1nc2ccccc2nc1N1CCC[C@@H](C(=O)Nc2ccc(Cl)cc2C)C1. The molecule has 0 radical (unpaired) electrons. The molecule has 0 spiro atoms. The number of para-hydroxylation sites is 2. The second-order valence-corrected chi connectivity index (χ2v) is 7.72. The van der Waals surface area contributed by atoms with E-state index in [0.29, 0.717) is 23.3 Å². The topological polar surface area (TPSA) is 67.4 Å². The molecule has 0 unspecified atom stereocenters. The van der Waals surface area contributed by atoms with Crippen LogP contribution in [0.15, 0.2) is 42.5 Å². The van der Waals surface area contributed by atoms with Crippen molar-refractivity contribution in [3.63, 3.8) is 0 Å². The second kappa shape index (κ2) is 8.25. The first-order valence-electron chi connectivity index (χ1n) is 9.68. The number of ether oxygens (including phenoxy) is 1. The van der Waals surface area contributed by atoms with E-state index >= 15 is 0 Å². The number of aromatic nitrogens is 2. The number of anilines is 2. The number of hydrogen-bond acceptors (Lipinski definition) is 5. The number of aryl methyl sites for hydroxylation is 1. The summed E-state index contributed by atoms with van der Waals surface area (Å²) in [4.78, 5) is 24.4. The molecule has 0 aliphatic carbocycles. The van der Waals surface area contributed by atoms with Crippen molar-refractivity contribution >= 4 is 40.0 Å². The summed E-state index contributed by atoms with van der Waals surface area (Å²) < 4.78 is 5.50. The van der Waals surface area contributed by atoms with Crippen LogP contribution in [0.4, 0.5) is 11.5 Å². The largest absolute Gasteiger partial charge is 0.478 e. The Balaban J connectivity index is 1.55. The van der Waals surface area contributed by atoms with Crippen molar-refractivity contribution in [1.82, 2.24) is 9.97 Å². The van der Waals surface area contributed by atoms with E-state index in [0.717, 1.165) is 41.7 Å². The number of hydrogen-bond donors (Lipinski definition) is 1. The fourth-order valence-electron chi connectivity index (χ4n) is 3.70. The molecule has 1 fully saturated rings. The van der Waals surface area contributed by atoms with Crippen molar-refractivity contribution in [1.29, 1.82) is 0 Å².